The number of rotatable bonds is 9. The molecule has 19 heavy (non-hydrogen) atoms. The predicted octanol–water partition coefficient (Wildman–Crippen LogP) is 1.11. The molecule has 1 N–H and O–H groups in total. The Labute approximate surface area is 118 Å². The number of nitrogens with zero attached hydrogens (tertiary/aromatic N) is 3. The Kier molecular flexibility index (Phi) is 7.66. The Balaban J connectivity index is 2.85. The van der Waals surface area contributed by atoms with Gasteiger partial charge >= 0.3 is 0 Å². The highest BCUT2D eigenvalue weighted by molar-refractivity contribution is 6.30. The second-order valence-corrected chi connectivity index (χ2v) is 4.31. The highest BCUT2D eigenvalue weighted by Crippen LogP contribution is 2.23. The van der Waals surface area contributed by atoms with E-state index in [1.54, 1.807) is 14.2 Å². The Morgan fingerprint density at radius 1 is 1.21 bits per heavy atom. The van der Waals surface area contributed by atoms with E-state index in [2.05, 4.69) is 9.97 Å². The number of aliphatic hydroxyl groups is 1. The second kappa shape index (κ2) is 9.03. The van der Waals surface area contributed by atoms with Crippen LogP contribution in [0.5, 0.6) is 0 Å². The molecule has 0 amide bonds. The SMILES string of the molecule is COCCCN(CCOC)c1ncnc(Cl)c1CO. The van der Waals surface area contributed by atoms with Crippen molar-refractivity contribution in [3.63, 3.8) is 0 Å². The molecule has 1 heterocycles. The number of halogens is 1. The normalized spacial score (nSPS) is 10.7. The number of hydrogen-bond donors (Lipinski definition) is 1. The van der Waals surface area contributed by atoms with Crippen LogP contribution >= 0.6 is 11.6 Å². The minimum atomic E-state index is -0.192. The highest BCUT2D eigenvalue weighted by atomic mass is 35.5. The van der Waals surface area contributed by atoms with E-state index in [0.29, 0.717) is 31.1 Å². The molecule has 1 aromatic heterocycles. The Bertz CT molecular complexity index is 379. The van der Waals surface area contributed by atoms with Crippen molar-refractivity contribution < 1.29 is 14.6 Å². The van der Waals surface area contributed by atoms with Crippen LogP contribution in [0, 0.1) is 0 Å². The average molecular weight is 290 g/mol. The third-order valence-corrected chi connectivity index (χ3v) is 3.00. The fourth-order valence-electron chi connectivity index (χ4n) is 1.72. The number of hydrogen-bond acceptors (Lipinski definition) is 6. The molecule has 0 saturated heterocycles. The molecule has 108 valence electrons. The van der Waals surface area contributed by atoms with Gasteiger partial charge in [-0.1, -0.05) is 11.6 Å². The van der Waals surface area contributed by atoms with Gasteiger partial charge in [-0.05, 0) is 6.42 Å². The van der Waals surface area contributed by atoms with Gasteiger partial charge in [0.2, 0.25) is 0 Å². The summed E-state index contributed by atoms with van der Waals surface area (Å²) in [4.78, 5) is 10.1. The molecule has 7 heteroatoms. The van der Waals surface area contributed by atoms with Crippen LogP contribution in [0.15, 0.2) is 6.33 Å². The lowest BCUT2D eigenvalue weighted by atomic mass is 10.2. The summed E-state index contributed by atoms with van der Waals surface area (Å²) in [6.07, 6.45) is 2.25. The number of aliphatic hydroxyl groups excluding tert-OH is 1. The summed E-state index contributed by atoms with van der Waals surface area (Å²) in [5, 5.41) is 9.68. The standard InChI is InChI=1S/C12H20ClN3O3/c1-18-6-3-4-16(5-7-19-2)12-10(8-17)11(13)14-9-15-12/h9,17H,3-8H2,1-2H3. The van der Waals surface area contributed by atoms with E-state index in [-0.39, 0.29) is 11.8 Å². The summed E-state index contributed by atoms with van der Waals surface area (Å²) < 4.78 is 10.1. The molecule has 0 aliphatic heterocycles. The molecule has 0 unspecified atom stereocenters. The van der Waals surface area contributed by atoms with Crippen LogP contribution in [0.2, 0.25) is 5.15 Å². The van der Waals surface area contributed by atoms with Gasteiger partial charge in [0.25, 0.3) is 0 Å². The van der Waals surface area contributed by atoms with Crippen LogP contribution in [-0.4, -0.2) is 55.6 Å². The van der Waals surface area contributed by atoms with Gasteiger partial charge in [0.05, 0.1) is 18.8 Å². The van der Waals surface area contributed by atoms with E-state index >= 15 is 0 Å². The fraction of sp³-hybridized carbons (Fsp3) is 0.667. The minimum Gasteiger partial charge on any atom is -0.391 e. The third-order valence-electron chi connectivity index (χ3n) is 2.67. The van der Waals surface area contributed by atoms with E-state index in [0.717, 1.165) is 13.0 Å². The summed E-state index contributed by atoms with van der Waals surface area (Å²) in [6, 6.07) is 0. The molecule has 0 spiro atoms. The van der Waals surface area contributed by atoms with E-state index in [1.165, 1.54) is 6.33 Å². The molecule has 1 rings (SSSR count). The average Bonchev–Trinajstić information content (AvgIpc) is 2.42. The summed E-state index contributed by atoms with van der Waals surface area (Å²) >= 11 is 5.98. The van der Waals surface area contributed by atoms with E-state index in [1.807, 2.05) is 4.90 Å². The molecule has 0 aliphatic rings. The quantitative estimate of drug-likeness (QED) is 0.543. The summed E-state index contributed by atoms with van der Waals surface area (Å²) in [6.45, 7) is 2.46. The molecular formula is C12H20ClN3O3. The molecule has 1 aromatic rings. The van der Waals surface area contributed by atoms with Crippen molar-refractivity contribution in [3.8, 4) is 0 Å². The van der Waals surface area contributed by atoms with Crippen molar-refractivity contribution in [3.05, 3.63) is 17.0 Å². The number of ether oxygens (including phenoxy) is 2. The Hall–Kier alpha value is -0.950. The van der Waals surface area contributed by atoms with Crippen LogP contribution in [0.25, 0.3) is 0 Å². The van der Waals surface area contributed by atoms with Gasteiger partial charge in [0, 0.05) is 33.9 Å². The van der Waals surface area contributed by atoms with Gasteiger partial charge in [0.1, 0.15) is 17.3 Å². The van der Waals surface area contributed by atoms with Gasteiger partial charge in [-0.25, -0.2) is 9.97 Å². The van der Waals surface area contributed by atoms with Crippen molar-refractivity contribution in [2.24, 2.45) is 0 Å². The maximum Gasteiger partial charge on any atom is 0.140 e. The first-order valence-electron chi connectivity index (χ1n) is 6.07. The van der Waals surface area contributed by atoms with Crippen molar-refractivity contribution in [2.75, 3.05) is 45.4 Å². The maximum absolute atomic E-state index is 9.40. The lowest BCUT2D eigenvalue weighted by Gasteiger charge is -2.25. The smallest absolute Gasteiger partial charge is 0.140 e. The van der Waals surface area contributed by atoms with Crippen molar-refractivity contribution in [1.82, 2.24) is 9.97 Å². The second-order valence-electron chi connectivity index (χ2n) is 3.95. The van der Waals surface area contributed by atoms with Crippen molar-refractivity contribution in [2.45, 2.75) is 13.0 Å². The van der Waals surface area contributed by atoms with Crippen molar-refractivity contribution in [1.29, 1.82) is 0 Å². The van der Waals surface area contributed by atoms with Gasteiger partial charge in [-0.2, -0.15) is 0 Å². The molecule has 0 bridgehead atoms. The zero-order chi connectivity index (χ0) is 14.1. The van der Waals surface area contributed by atoms with Crippen LogP contribution < -0.4 is 4.90 Å². The molecule has 0 atom stereocenters. The predicted molar refractivity (Wildman–Crippen MR) is 73.5 cm³/mol. The molecule has 0 radical (unpaired) electrons. The van der Waals surface area contributed by atoms with E-state index in [9.17, 15) is 5.11 Å². The number of anilines is 1. The molecule has 0 saturated carbocycles. The lowest BCUT2D eigenvalue weighted by molar-refractivity contribution is 0.190. The first-order chi connectivity index (χ1) is 9.24. The number of aromatic nitrogens is 2. The lowest BCUT2D eigenvalue weighted by Crippen LogP contribution is -2.31. The maximum atomic E-state index is 9.40. The summed E-state index contributed by atoms with van der Waals surface area (Å²) in [5.41, 5.74) is 0.540. The highest BCUT2D eigenvalue weighted by Gasteiger charge is 2.15. The van der Waals surface area contributed by atoms with Crippen molar-refractivity contribution >= 4 is 17.4 Å². The fourth-order valence-corrected chi connectivity index (χ4v) is 1.90. The number of methoxy groups -OCH3 is 2. The molecular weight excluding hydrogens is 270 g/mol. The van der Waals surface area contributed by atoms with Gasteiger partial charge in [0.15, 0.2) is 0 Å². The molecule has 0 aromatic carbocycles. The Morgan fingerprint density at radius 3 is 2.58 bits per heavy atom. The van der Waals surface area contributed by atoms with Gasteiger partial charge in [-0.15, -0.1) is 0 Å². The van der Waals surface area contributed by atoms with Crippen LogP contribution in [-0.2, 0) is 16.1 Å². The Morgan fingerprint density at radius 2 is 1.95 bits per heavy atom. The molecule has 0 aliphatic carbocycles. The minimum absolute atomic E-state index is 0.192. The van der Waals surface area contributed by atoms with Gasteiger partial charge in [-0.3, -0.25) is 0 Å². The van der Waals surface area contributed by atoms with E-state index in [4.69, 9.17) is 21.1 Å². The summed E-state index contributed by atoms with van der Waals surface area (Å²) in [5.74, 6) is 0.649. The topological polar surface area (TPSA) is 67.7 Å². The monoisotopic (exact) mass is 289 g/mol. The van der Waals surface area contributed by atoms with Crippen LogP contribution in [0.3, 0.4) is 0 Å². The zero-order valence-electron chi connectivity index (χ0n) is 11.3. The molecule has 6 nitrogen and oxygen atoms in total. The van der Waals surface area contributed by atoms with Crippen LogP contribution in [0.4, 0.5) is 5.82 Å². The van der Waals surface area contributed by atoms with Crippen LogP contribution in [0.1, 0.15) is 12.0 Å². The largest absolute Gasteiger partial charge is 0.391 e. The first kappa shape index (κ1) is 16.1. The first-order valence-corrected chi connectivity index (χ1v) is 6.45. The van der Waals surface area contributed by atoms with E-state index < -0.39 is 0 Å². The third kappa shape index (κ3) is 4.91. The summed E-state index contributed by atoms with van der Waals surface area (Å²) in [7, 11) is 3.31. The van der Waals surface area contributed by atoms with Gasteiger partial charge < -0.3 is 19.5 Å². The molecule has 0 fully saturated rings. The zero-order valence-corrected chi connectivity index (χ0v) is 12.1.